The monoisotopic (exact) mass is 351 g/mol. The summed E-state index contributed by atoms with van der Waals surface area (Å²) in [7, 11) is 0. The van der Waals surface area contributed by atoms with Crippen LogP contribution in [0.5, 0.6) is 0 Å². The molecule has 1 aliphatic rings. The number of rotatable bonds is 5. The highest BCUT2D eigenvalue weighted by Gasteiger charge is 2.27. The molecule has 3 heterocycles. The van der Waals surface area contributed by atoms with Crippen LogP contribution in [-0.2, 0) is 17.9 Å². The molecule has 0 aliphatic carbocycles. The van der Waals surface area contributed by atoms with Crippen LogP contribution in [-0.4, -0.2) is 53.7 Å². The maximum absolute atomic E-state index is 12.5. The Bertz CT molecular complexity index is 844. The van der Waals surface area contributed by atoms with Crippen molar-refractivity contribution in [2.24, 2.45) is 0 Å². The number of carbonyl (C=O) groups is 1. The molecule has 8 nitrogen and oxygen atoms in total. The molecule has 134 valence electrons. The lowest BCUT2D eigenvalue weighted by Gasteiger charge is -2.32. The summed E-state index contributed by atoms with van der Waals surface area (Å²) in [5, 5.41) is 10.9. The Kier molecular flexibility index (Phi) is 4.72. The van der Waals surface area contributed by atoms with Crippen LogP contribution < -0.4 is 0 Å². The van der Waals surface area contributed by atoms with E-state index in [2.05, 4.69) is 37.2 Å². The van der Waals surface area contributed by atoms with Crippen LogP contribution in [0.15, 0.2) is 49.1 Å². The Morgan fingerprint density at radius 3 is 2.92 bits per heavy atom. The van der Waals surface area contributed by atoms with E-state index < -0.39 is 0 Å². The summed E-state index contributed by atoms with van der Waals surface area (Å²) in [6.45, 7) is 2.44. The Balaban J connectivity index is 1.45. The number of likely N-dealkylation sites (tertiary alicyclic amines) is 1. The van der Waals surface area contributed by atoms with Gasteiger partial charge < -0.3 is 9.47 Å². The third-order valence-electron chi connectivity index (χ3n) is 4.77. The molecule has 1 atom stereocenters. The van der Waals surface area contributed by atoms with Crippen molar-refractivity contribution < 1.29 is 4.79 Å². The zero-order chi connectivity index (χ0) is 17.8. The number of carbonyl (C=O) groups excluding carboxylic acids is 1. The first kappa shape index (κ1) is 16.4. The van der Waals surface area contributed by atoms with Gasteiger partial charge in [0.1, 0.15) is 18.7 Å². The van der Waals surface area contributed by atoms with Crippen molar-refractivity contribution in [2.45, 2.75) is 31.8 Å². The molecule has 1 fully saturated rings. The molecular formula is C18H21N7O. The van der Waals surface area contributed by atoms with Crippen LogP contribution in [0.2, 0.25) is 0 Å². The van der Waals surface area contributed by atoms with Gasteiger partial charge in [0.05, 0.1) is 0 Å². The Morgan fingerprint density at radius 2 is 2.12 bits per heavy atom. The summed E-state index contributed by atoms with van der Waals surface area (Å²) >= 11 is 0. The average molecular weight is 351 g/mol. The van der Waals surface area contributed by atoms with E-state index in [1.54, 1.807) is 0 Å². The minimum Gasteiger partial charge on any atom is -0.340 e. The number of tetrazole rings is 1. The van der Waals surface area contributed by atoms with Crippen molar-refractivity contribution in [3.05, 3.63) is 60.4 Å². The maximum atomic E-state index is 12.5. The third-order valence-corrected chi connectivity index (χ3v) is 4.77. The lowest BCUT2D eigenvalue weighted by Crippen LogP contribution is -2.41. The molecule has 1 amide bonds. The van der Waals surface area contributed by atoms with E-state index in [4.69, 9.17) is 0 Å². The largest absolute Gasteiger partial charge is 0.340 e. The fourth-order valence-corrected chi connectivity index (χ4v) is 3.50. The molecule has 1 saturated heterocycles. The van der Waals surface area contributed by atoms with E-state index in [1.807, 2.05) is 35.5 Å². The summed E-state index contributed by atoms with van der Waals surface area (Å²) < 4.78 is 3.65. The minimum atomic E-state index is 0.0446. The third kappa shape index (κ3) is 3.63. The predicted octanol–water partition coefficient (Wildman–Crippen LogP) is 1.32. The molecule has 1 aromatic carbocycles. The maximum Gasteiger partial charge on any atom is 0.244 e. The number of imidazole rings is 1. The van der Waals surface area contributed by atoms with Gasteiger partial charge >= 0.3 is 0 Å². The first-order chi connectivity index (χ1) is 12.8. The van der Waals surface area contributed by atoms with Gasteiger partial charge in [-0.05, 0) is 28.8 Å². The van der Waals surface area contributed by atoms with Crippen molar-refractivity contribution in [1.82, 2.24) is 34.7 Å². The van der Waals surface area contributed by atoms with Gasteiger partial charge in [0.2, 0.25) is 5.91 Å². The molecule has 0 radical (unpaired) electrons. The van der Waals surface area contributed by atoms with E-state index in [9.17, 15) is 4.79 Å². The number of benzene rings is 1. The molecule has 8 heteroatoms. The van der Waals surface area contributed by atoms with E-state index in [0.717, 1.165) is 31.8 Å². The molecule has 2 aromatic heterocycles. The van der Waals surface area contributed by atoms with Gasteiger partial charge in [-0.1, -0.05) is 30.3 Å². The molecule has 1 aliphatic heterocycles. The van der Waals surface area contributed by atoms with Crippen molar-refractivity contribution in [1.29, 1.82) is 0 Å². The number of amides is 1. The first-order valence-electron chi connectivity index (χ1n) is 8.83. The van der Waals surface area contributed by atoms with Crippen LogP contribution >= 0.6 is 0 Å². The summed E-state index contributed by atoms with van der Waals surface area (Å²) in [4.78, 5) is 19.0. The lowest BCUT2D eigenvalue weighted by molar-refractivity contribution is -0.133. The first-order valence-corrected chi connectivity index (χ1v) is 8.83. The van der Waals surface area contributed by atoms with Gasteiger partial charge in [-0.15, -0.1) is 5.10 Å². The lowest BCUT2D eigenvalue weighted by atomic mass is 9.97. The zero-order valence-corrected chi connectivity index (χ0v) is 14.5. The van der Waals surface area contributed by atoms with E-state index in [1.165, 1.54) is 16.6 Å². The molecule has 0 N–H and O–H groups in total. The molecular weight excluding hydrogens is 330 g/mol. The number of nitrogens with zero attached hydrogens (tertiary/aromatic N) is 7. The van der Waals surface area contributed by atoms with Gasteiger partial charge in [-0.3, -0.25) is 4.79 Å². The Labute approximate surface area is 151 Å². The van der Waals surface area contributed by atoms with Crippen molar-refractivity contribution >= 4 is 5.91 Å². The fraction of sp³-hybridized carbons (Fsp3) is 0.389. The van der Waals surface area contributed by atoms with Crippen molar-refractivity contribution in [3.8, 4) is 0 Å². The van der Waals surface area contributed by atoms with Crippen molar-refractivity contribution in [3.63, 3.8) is 0 Å². The standard InChI is InChI=1S/C18H21N7O/c26-17(13-25-14-20-21-22-25)23-9-4-7-16(12-23)18-19-8-10-24(18)11-15-5-2-1-3-6-15/h1-3,5-6,8,10,14,16H,4,7,9,11-13H2. The van der Waals surface area contributed by atoms with Crippen LogP contribution in [0.25, 0.3) is 0 Å². The molecule has 0 bridgehead atoms. The number of aromatic nitrogens is 6. The highest BCUT2D eigenvalue weighted by atomic mass is 16.2. The predicted molar refractivity (Wildman–Crippen MR) is 94.1 cm³/mol. The highest BCUT2D eigenvalue weighted by molar-refractivity contribution is 5.76. The molecule has 1 unspecified atom stereocenters. The highest BCUT2D eigenvalue weighted by Crippen LogP contribution is 2.26. The normalized spacial score (nSPS) is 17.4. The minimum absolute atomic E-state index is 0.0446. The van der Waals surface area contributed by atoms with E-state index in [-0.39, 0.29) is 18.4 Å². The van der Waals surface area contributed by atoms with Crippen LogP contribution in [0.1, 0.15) is 30.1 Å². The Hall–Kier alpha value is -3.03. The van der Waals surface area contributed by atoms with Crippen LogP contribution in [0.4, 0.5) is 0 Å². The summed E-state index contributed by atoms with van der Waals surface area (Å²) in [6.07, 6.45) is 7.35. The van der Waals surface area contributed by atoms with Crippen LogP contribution in [0, 0.1) is 0 Å². The topological polar surface area (TPSA) is 81.7 Å². The summed E-state index contributed by atoms with van der Waals surface area (Å²) in [5.41, 5.74) is 1.24. The van der Waals surface area contributed by atoms with Gasteiger partial charge in [-0.25, -0.2) is 9.67 Å². The van der Waals surface area contributed by atoms with Gasteiger partial charge in [0.15, 0.2) is 0 Å². The van der Waals surface area contributed by atoms with Gasteiger partial charge in [0, 0.05) is 37.9 Å². The second-order valence-corrected chi connectivity index (χ2v) is 6.59. The molecule has 26 heavy (non-hydrogen) atoms. The average Bonchev–Trinajstić information content (AvgIpc) is 3.35. The molecule has 0 spiro atoms. The zero-order valence-electron chi connectivity index (χ0n) is 14.5. The molecule has 4 rings (SSSR count). The van der Waals surface area contributed by atoms with Crippen LogP contribution in [0.3, 0.4) is 0 Å². The quantitative estimate of drug-likeness (QED) is 0.692. The van der Waals surface area contributed by atoms with E-state index in [0.29, 0.717) is 6.54 Å². The number of piperidine rings is 1. The Morgan fingerprint density at radius 1 is 1.23 bits per heavy atom. The number of hydrogen-bond acceptors (Lipinski definition) is 5. The molecule has 3 aromatic rings. The number of hydrogen-bond donors (Lipinski definition) is 0. The molecule has 0 saturated carbocycles. The van der Waals surface area contributed by atoms with E-state index >= 15 is 0 Å². The summed E-state index contributed by atoms with van der Waals surface area (Å²) in [6, 6.07) is 10.4. The van der Waals surface area contributed by atoms with Gasteiger partial charge in [0.25, 0.3) is 0 Å². The second-order valence-electron chi connectivity index (χ2n) is 6.59. The smallest absolute Gasteiger partial charge is 0.244 e. The second kappa shape index (κ2) is 7.47. The van der Waals surface area contributed by atoms with Gasteiger partial charge in [-0.2, -0.15) is 0 Å². The van der Waals surface area contributed by atoms with Crippen molar-refractivity contribution in [2.75, 3.05) is 13.1 Å². The summed E-state index contributed by atoms with van der Waals surface area (Å²) in [5.74, 6) is 1.34. The SMILES string of the molecule is O=C(Cn1cnnn1)N1CCCC(c2nccn2Cc2ccccc2)C1. The fourth-order valence-electron chi connectivity index (χ4n) is 3.50.